The van der Waals surface area contributed by atoms with E-state index in [2.05, 4.69) is 27.0 Å². The number of ether oxygens (including phenoxy) is 1. The third-order valence-electron chi connectivity index (χ3n) is 8.88. The van der Waals surface area contributed by atoms with Crippen molar-refractivity contribution in [3.63, 3.8) is 0 Å². The second-order valence-corrected chi connectivity index (χ2v) is 11.4. The molecule has 4 heterocycles. The number of aromatic nitrogens is 5. The minimum Gasteiger partial charge on any atom is -0.385 e. The van der Waals surface area contributed by atoms with Gasteiger partial charge in [-0.25, -0.2) is 9.07 Å². The molecule has 5 aromatic rings. The summed E-state index contributed by atoms with van der Waals surface area (Å²) in [6.07, 6.45) is 5.01. The van der Waals surface area contributed by atoms with E-state index in [1.807, 2.05) is 24.3 Å². The third-order valence-corrected chi connectivity index (χ3v) is 8.88. The van der Waals surface area contributed by atoms with E-state index in [9.17, 15) is 5.11 Å². The summed E-state index contributed by atoms with van der Waals surface area (Å²) in [6.45, 7) is 0.532. The summed E-state index contributed by atoms with van der Waals surface area (Å²) in [5, 5.41) is 20.1. The van der Waals surface area contributed by atoms with Crippen molar-refractivity contribution in [2.45, 2.75) is 51.1 Å². The average Bonchev–Trinajstić information content (AvgIpc) is 3.72. The number of halogens is 1. The molecule has 0 spiro atoms. The number of nitrogens with zero attached hydrogens (tertiary/aromatic N) is 5. The molecule has 1 saturated heterocycles. The van der Waals surface area contributed by atoms with Gasteiger partial charge in [-0.1, -0.05) is 35.5 Å². The number of fused-ring (bicyclic) bond motifs is 3. The van der Waals surface area contributed by atoms with Gasteiger partial charge < -0.3 is 14.4 Å². The molecule has 1 N–H and O–H groups in total. The normalized spacial score (nSPS) is 20.2. The highest BCUT2D eigenvalue weighted by atomic mass is 19.1. The zero-order valence-corrected chi connectivity index (χ0v) is 22.6. The van der Waals surface area contributed by atoms with Gasteiger partial charge in [0.25, 0.3) is 0 Å². The van der Waals surface area contributed by atoms with Crippen molar-refractivity contribution in [1.29, 1.82) is 0 Å². The minimum atomic E-state index is -2.47. The summed E-state index contributed by atoms with van der Waals surface area (Å²) in [5.41, 5.74) is 3.02. The van der Waals surface area contributed by atoms with Gasteiger partial charge in [-0.05, 0) is 75.1 Å². The Labute approximate surface area is 236 Å². The molecule has 206 valence electrons. The van der Waals surface area contributed by atoms with Crippen LogP contribution < -0.4 is 0 Å². The van der Waals surface area contributed by atoms with Crippen molar-refractivity contribution < 1.29 is 18.3 Å². The third kappa shape index (κ3) is 4.04. The van der Waals surface area contributed by atoms with Gasteiger partial charge in [0.05, 0.1) is 39.6 Å². The van der Waals surface area contributed by atoms with E-state index in [0.717, 1.165) is 42.3 Å². The molecule has 2 fully saturated rings. The fourth-order valence-electron chi connectivity index (χ4n) is 6.60. The number of pyridine rings is 1. The van der Waals surface area contributed by atoms with E-state index in [-0.39, 0.29) is 29.1 Å². The molecular formula is C32H34FN5O2. The molecule has 0 bridgehead atoms. The van der Waals surface area contributed by atoms with Gasteiger partial charge in [0.2, 0.25) is 0 Å². The van der Waals surface area contributed by atoms with E-state index in [1.165, 1.54) is 10.7 Å². The molecular weight excluding hydrogens is 505 g/mol. The first kappa shape index (κ1) is 22.1. The van der Waals surface area contributed by atoms with Crippen LogP contribution in [0, 0.1) is 24.5 Å². The standard InChI is InChI=1S/C32H34FN5O2/c1-19-30(37(3)36-35-19)22-15-28-29(34-18-22)24-16-26(33)25(32(2,39)23-9-10-23)17-27(24)38(28)31(20-7-5-4-6-8-20)21-11-13-40-14-12-21/h4-8,15-18,21,23,31,39H,9-14H2,1-3H3/t31-,32?/m1/s1/i1D3. The van der Waals surface area contributed by atoms with Gasteiger partial charge in [0, 0.05) is 47.1 Å². The molecule has 1 unspecified atom stereocenters. The number of hydrogen-bond acceptors (Lipinski definition) is 5. The smallest absolute Gasteiger partial charge is 0.130 e. The lowest BCUT2D eigenvalue weighted by Gasteiger charge is -2.33. The summed E-state index contributed by atoms with van der Waals surface area (Å²) in [7, 11) is 1.66. The lowest BCUT2D eigenvalue weighted by atomic mass is 9.86. The molecule has 1 aliphatic carbocycles. The summed E-state index contributed by atoms with van der Waals surface area (Å²) in [6, 6.07) is 15.3. The molecule has 2 atom stereocenters. The molecule has 7 nitrogen and oxygen atoms in total. The first-order valence-electron chi connectivity index (χ1n) is 15.4. The highest BCUT2D eigenvalue weighted by Crippen LogP contribution is 2.48. The van der Waals surface area contributed by atoms with Crippen LogP contribution in [-0.2, 0) is 17.4 Å². The van der Waals surface area contributed by atoms with Gasteiger partial charge in [0.1, 0.15) is 5.82 Å². The van der Waals surface area contributed by atoms with E-state index >= 15 is 4.39 Å². The van der Waals surface area contributed by atoms with Crippen molar-refractivity contribution in [2.75, 3.05) is 13.2 Å². The Morgan fingerprint density at radius 3 is 2.60 bits per heavy atom. The van der Waals surface area contributed by atoms with Crippen molar-refractivity contribution in [3.8, 4) is 11.3 Å². The first-order valence-corrected chi connectivity index (χ1v) is 13.9. The summed E-state index contributed by atoms with van der Waals surface area (Å²) in [5.74, 6) is -0.234. The quantitative estimate of drug-likeness (QED) is 0.282. The van der Waals surface area contributed by atoms with Crippen LogP contribution in [0.4, 0.5) is 4.39 Å². The number of hydrogen-bond donors (Lipinski definition) is 1. The molecule has 2 aromatic carbocycles. The Kier molecular flexibility index (Phi) is 5.25. The van der Waals surface area contributed by atoms with Gasteiger partial charge in [-0.3, -0.25) is 4.98 Å². The largest absolute Gasteiger partial charge is 0.385 e. The molecule has 7 rings (SSSR count). The first-order chi connectivity index (χ1) is 20.6. The fraction of sp³-hybridized carbons (Fsp3) is 0.406. The van der Waals surface area contributed by atoms with Crippen LogP contribution in [0.2, 0.25) is 0 Å². The van der Waals surface area contributed by atoms with Gasteiger partial charge >= 0.3 is 0 Å². The number of benzene rings is 2. The van der Waals surface area contributed by atoms with E-state index in [4.69, 9.17) is 13.8 Å². The summed E-state index contributed by atoms with van der Waals surface area (Å²) >= 11 is 0. The van der Waals surface area contributed by atoms with E-state index < -0.39 is 18.3 Å². The van der Waals surface area contributed by atoms with Crippen LogP contribution in [0.1, 0.15) is 59.6 Å². The van der Waals surface area contributed by atoms with Crippen LogP contribution in [0.5, 0.6) is 0 Å². The van der Waals surface area contributed by atoms with Gasteiger partial charge in [-0.15, -0.1) is 5.10 Å². The Morgan fingerprint density at radius 2 is 1.88 bits per heavy atom. The molecule has 1 saturated carbocycles. The number of rotatable bonds is 6. The van der Waals surface area contributed by atoms with Crippen LogP contribution >= 0.6 is 0 Å². The maximum absolute atomic E-state index is 15.9. The number of aryl methyl sites for hydroxylation is 2. The van der Waals surface area contributed by atoms with Crippen LogP contribution in [-0.4, -0.2) is 42.9 Å². The SMILES string of the molecule is [2H]C([2H])([2H])c1nnn(C)c1-c1cnc2c3cc(F)c(C(C)(O)C4CC4)cc3n([C@H](c3ccccc3)C3CCOCC3)c2c1. The zero-order valence-electron chi connectivity index (χ0n) is 25.6. The van der Waals surface area contributed by atoms with Crippen molar-refractivity contribution in [2.24, 2.45) is 18.9 Å². The predicted octanol–water partition coefficient (Wildman–Crippen LogP) is 6.07. The maximum atomic E-state index is 15.9. The summed E-state index contributed by atoms with van der Waals surface area (Å²) < 4.78 is 49.4. The number of aliphatic hydroxyl groups is 1. The van der Waals surface area contributed by atoms with Crippen LogP contribution in [0.15, 0.2) is 54.7 Å². The van der Waals surface area contributed by atoms with Crippen LogP contribution in [0.25, 0.3) is 33.2 Å². The molecule has 40 heavy (non-hydrogen) atoms. The second kappa shape index (κ2) is 9.49. The predicted molar refractivity (Wildman–Crippen MR) is 152 cm³/mol. The minimum absolute atomic E-state index is 0.0121. The molecule has 1 aliphatic heterocycles. The molecule has 3 aromatic heterocycles. The Morgan fingerprint density at radius 1 is 1.10 bits per heavy atom. The van der Waals surface area contributed by atoms with Crippen molar-refractivity contribution >= 4 is 21.9 Å². The van der Waals surface area contributed by atoms with E-state index in [1.54, 1.807) is 26.2 Å². The Hall–Kier alpha value is -3.62. The molecule has 2 aliphatic rings. The summed E-state index contributed by atoms with van der Waals surface area (Å²) in [4.78, 5) is 4.82. The zero-order chi connectivity index (χ0) is 30.1. The lowest BCUT2D eigenvalue weighted by Crippen LogP contribution is -2.27. The van der Waals surface area contributed by atoms with Crippen molar-refractivity contribution in [1.82, 2.24) is 24.5 Å². The van der Waals surface area contributed by atoms with Gasteiger partial charge in [-0.2, -0.15) is 0 Å². The van der Waals surface area contributed by atoms with E-state index in [0.29, 0.717) is 35.4 Å². The molecule has 0 radical (unpaired) electrons. The fourth-order valence-corrected chi connectivity index (χ4v) is 6.60. The van der Waals surface area contributed by atoms with Crippen LogP contribution in [0.3, 0.4) is 0 Å². The highest BCUT2D eigenvalue weighted by Gasteiger charge is 2.43. The molecule has 8 heteroatoms. The second-order valence-electron chi connectivity index (χ2n) is 11.4. The average molecular weight is 543 g/mol. The van der Waals surface area contributed by atoms with Crippen molar-refractivity contribution in [3.05, 3.63) is 77.4 Å². The highest BCUT2D eigenvalue weighted by molar-refractivity contribution is 6.07. The Balaban J connectivity index is 1.55. The maximum Gasteiger partial charge on any atom is 0.130 e. The monoisotopic (exact) mass is 542 g/mol. The lowest BCUT2D eigenvalue weighted by molar-refractivity contribution is 0.0296. The van der Waals surface area contributed by atoms with Gasteiger partial charge in [0.15, 0.2) is 0 Å². The Bertz CT molecular complexity index is 1820. The molecule has 0 amide bonds. The topological polar surface area (TPSA) is 78.0 Å².